The van der Waals surface area contributed by atoms with Gasteiger partial charge in [-0.2, -0.15) is 0 Å². The van der Waals surface area contributed by atoms with Crippen molar-refractivity contribution in [2.24, 2.45) is 17.4 Å². The van der Waals surface area contributed by atoms with Crippen LogP contribution in [0.1, 0.15) is 173 Å². The highest BCUT2D eigenvalue weighted by Gasteiger charge is 2.32. The summed E-state index contributed by atoms with van der Waals surface area (Å²) in [6.07, 6.45) is 24.9. The third-order valence-electron chi connectivity index (χ3n) is 12.0. The fourth-order valence-electron chi connectivity index (χ4n) is 8.13. The Kier molecular flexibility index (Phi) is 31.0. The smallest absolute Gasteiger partial charge is 0.243 e. The highest BCUT2D eigenvalue weighted by atomic mass is 16.5. The molecule has 63 heavy (non-hydrogen) atoms. The Bertz CT molecular complexity index is 1490. The van der Waals surface area contributed by atoms with Gasteiger partial charge >= 0.3 is 0 Å². The summed E-state index contributed by atoms with van der Waals surface area (Å²) in [6.45, 7) is 10.2. The summed E-state index contributed by atoms with van der Waals surface area (Å²) in [5, 5.41) is 6.05. The van der Waals surface area contributed by atoms with Crippen LogP contribution in [0, 0.1) is 5.92 Å². The zero-order chi connectivity index (χ0) is 45.9. The molecule has 4 amide bonds. The Morgan fingerprint density at radius 1 is 0.698 bits per heavy atom. The molecule has 0 spiro atoms. The number of amides is 4. The maximum absolute atomic E-state index is 12.9. The molecule has 11 nitrogen and oxygen atoms in total. The van der Waals surface area contributed by atoms with Gasteiger partial charge < -0.3 is 36.6 Å². The quantitative estimate of drug-likeness (QED) is 0.0533. The minimum atomic E-state index is -0.495. The number of nitrogens with one attached hydrogen (secondary N) is 2. The minimum absolute atomic E-state index is 0.0155. The highest BCUT2D eigenvalue weighted by molar-refractivity contribution is 5.89. The van der Waals surface area contributed by atoms with Gasteiger partial charge in [0.15, 0.2) is 0 Å². The number of likely N-dealkylation sites (tertiary alicyclic amines) is 1. The lowest BCUT2D eigenvalue weighted by Crippen LogP contribution is -2.52. The van der Waals surface area contributed by atoms with Crippen molar-refractivity contribution >= 4 is 23.6 Å². The number of benzene rings is 2. The van der Waals surface area contributed by atoms with Gasteiger partial charge in [0.2, 0.25) is 23.6 Å². The Morgan fingerprint density at radius 3 is 1.86 bits per heavy atom. The van der Waals surface area contributed by atoms with Crippen molar-refractivity contribution in [3.05, 3.63) is 65.7 Å². The van der Waals surface area contributed by atoms with Gasteiger partial charge in [-0.1, -0.05) is 147 Å². The standard InChI is InChI=1S/C26H37N3O3.C26H51N3O2/c1-20(2)25(26(31)28-17-9-5-8-16-27)29(3)24(30)18-21-12-14-23(15-13-21)32-19-22-10-6-4-7-11-22;1-2-3-4-5-6-7-8-9-11-14-20-25(30)29-23-18-15-19-24(29)26(31)28-22-17-13-10-12-16-21-27/h4,6-7,10-15,20,25H,5,8-9,16-19,27H2,1-3H3,(H,28,31);24H,2-23,27H2,1H3,(H,28,31). The van der Waals surface area contributed by atoms with Crippen LogP contribution in [0.5, 0.6) is 5.75 Å². The molecular weight excluding hydrogens is 789 g/mol. The van der Waals surface area contributed by atoms with Crippen LogP contribution >= 0.6 is 0 Å². The normalized spacial score (nSPS) is 14.1. The molecule has 2 aromatic rings. The minimum Gasteiger partial charge on any atom is -0.489 e. The maximum Gasteiger partial charge on any atom is 0.243 e. The van der Waals surface area contributed by atoms with Crippen LogP contribution in [-0.4, -0.2) is 85.3 Å². The monoisotopic (exact) mass is 877 g/mol. The third kappa shape index (κ3) is 24.6. The van der Waals surface area contributed by atoms with Gasteiger partial charge in [0.05, 0.1) is 6.42 Å². The number of ether oxygens (including phenoxy) is 1. The van der Waals surface area contributed by atoms with E-state index in [1.807, 2.05) is 73.3 Å². The van der Waals surface area contributed by atoms with Gasteiger partial charge in [-0.15, -0.1) is 0 Å². The van der Waals surface area contributed by atoms with E-state index in [4.69, 9.17) is 16.2 Å². The maximum atomic E-state index is 12.9. The number of hydrogen-bond acceptors (Lipinski definition) is 7. The van der Waals surface area contributed by atoms with Crippen LogP contribution in [0.4, 0.5) is 0 Å². The number of unbranched alkanes of at least 4 members (excludes halogenated alkanes) is 15. The van der Waals surface area contributed by atoms with Crippen LogP contribution in [0.25, 0.3) is 0 Å². The number of nitrogens with two attached hydrogens (primary N) is 2. The summed E-state index contributed by atoms with van der Waals surface area (Å²) in [6, 6.07) is 16.8. The Morgan fingerprint density at radius 2 is 1.25 bits per heavy atom. The van der Waals surface area contributed by atoms with Crippen molar-refractivity contribution in [2.45, 2.75) is 187 Å². The predicted molar refractivity (Wildman–Crippen MR) is 259 cm³/mol. The molecule has 3 rings (SSSR count). The summed E-state index contributed by atoms with van der Waals surface area (Å²) < 4.78 is 5.81. The zero-order valence-electron chi connectivity index (χ0n) is 40.0. The van der Waals surface area contributed by atoms with Crippen molar-refractivity contribution in [3.8, 4) is 5.75 Å². The number of hydrogen-bond donors (Lipinski definition) is 4. The summed E-state index contributed by atoms with van der Waals surface area (Å²) >= 11 is 0. The molecule has 1 aliphatic heterocycles. The molecule has 1 fully saturated rings. The van der Waals surface area contributed by atoms with Crippen molar-refractivity contribution in [2.75, 3.05) is 39.8 Å². The second-order valence-corrected chi connectivity index (χ2v) is 17.8. The molecule has 1 heterocycles. The molecule has 0 aromatic heterocycles. The van der Waals surface area contributed by atoms with Gasteiger partial charge in [-0.05, 0) is 93.6 Å². The summed E-state index contributed by atoms with van der Waals surface area (Å²) in [5.41, 5.74) is 13.0. The lowest BCUT2D eigenvalue weighted by Gasteiger charge is -2.35. The highest BCUT2D eigenvalue weighted by Crippen LogP contribution is 2.21. The first-order valence-corrected chi connectivity index (χ1v) is 24.9. The number of likely N-dealkylation sites (N-methyl/N-ethyl adjacent to an activating group) is 1. The van der Waals surface area contributed by atoms with Gasteiger partial charge in [-0.25, -0.2) is 0 Å². The fraction of sp³-hybridized carbons (Fsp3) is 0.692. The molecule has 0 saturated carbocycles. The topological polar surface area (TPSA) is 160 Å². The van der Waals surface area contributed by atoms with Crippen LogP contribution in [0.15, 0.2) is 54.6 Å². The van der Waals surface area contributed by atoms with Crippen molar-refractivity contribution in [1.82, 2.24) is 20.4 Å². The fourth-order valence-corrected chi connectivity index (χ4v) is 8.13. The number of carbonyl (C=O) groups excluding carboxylic acids is 4. The van der Waals surface area contributed by atoms with E-state index in [0.717, 1.165) is 107 Å². The van der Waals surface area contributed by atoms with E-state index in [-0.39, 0.29) is 42.0 Å². The van der Waals surface area contributed by atoms with E-state index >= 15 is 0 Å². The second-order valence-electron chi connectivity index (χ2n) is 17.8. The SMILES string of the molecule is CC(C)C(C(=O)NCCCCCN)N(C)C(=O)Cc1ccc(OCc2ccccc2)cc1.CCCCCCCCCCCCC(=O)N1CCCCC1C(=O)NCCCCCCCN. The van der Waals surface area contributed by atoms with Crippen molar-refractivity contribution in [1.29, 1.82) is 0 Å². The molecule has 11 heteroatoms. The third-order valence-corrected chi connectivity index (χ3v) is 12.0. The molecule has 2 aromatic carbocycles. The number of carbonyl (C=O) groups is 4. The van der Waals surface area contributed by atoms with E-state index in [9.17, 15) is 19.2 Å². The van der Waals surface area contributed by atoms with Crippen LogP contribution in [-0.2, 0) is 32.2 Å². The van der Waals surface area contributed by atoms with Crippen LogP contribution in [0.3, 0.4) is 0 Å². The Labute approximate surface area is 382 Å². The van der Waals surface area contributed by atoms with E-state index < -0.39 is 6.04 Å². The summed E-state index contributed by atoms with van der Waals surface area (Å²) in [7, 11) is 1.71. The predicted octanol–water partition coefficient (Wildman–Crippen LogP) is 9.24. The van der Waals surface area contributed by atoms with Gasteiger partial charge in [0.25, 0.3) is 0 Å². The molecule has 356 valence electrons. The van der Waals surface area contributed by atoms with Crippen molar-refractivity contribution in [3.63, 3.8) is 0 Å². The summed E-state index contributed by atoms with van der Waals surface area (Å²) in [4.78, 5) is 54.4. The molecule has 2 unspecified atom stereocenters. The van der Waals surface area contributed by atoms with E-state index in [1.54, 1.807) is 11.9 Å². The lowest BCUT2D eigenvalue weighted by atomic mass is 10.00. The zero-order valence-corrected chi connectivity index (χ0v) is 40.0. The molecule has 1 saturated heterocycles. The molecule has 0 aliphatic carbocycles. The van der Waals surface area contributed by atoms with Gasteiger partial charge in [0, 0.05) is 33.1 Å². The average molecular weight is 877 g/mol. The Balaban J connectivity index is 0.000000434. The molecule has 0 bridgehead atoms. The first kappa shape index (κ1) is 55.2. The lowest BCUT2D eigenvalue weighted by molar-refractivity contribution is -0.142. The van der Waals surface area contributed by atoms with E-state index in [2.05, 4.69) is 17.6 Å². The number of rotatable bonds is 32. The van der Waals surface area contributed by atoms with Crippen LogP contribution in [0.2, 0.25) is 0 Å². The average Bonchev–Trinajstić information content (AvgIpc) is 3.29. The molecular formula is C52H88N6O5. The molecule has 0 radical (unpaired) electrons. The van der Waals surface area contributed by atoms with Crippen LogP contribution < -0.4 is 26.8 Å². The second kappa shape index (κ2) is 35.4. The van der Waals surface area contributed by atoms with E-state index in [0.29, 0.717) is 26.1 Å². The van der Waals surface area contributed by atoms with Gasteiger partial charge in [-0.3, -0.25) is 19.2 Å². The molecule has 6 N–H and O–H groups in total. The number of piperidine rings is 1. The van der Waals surface area contributed by atoms with Crippen molar-refractivity contribution < 1.29 is 23.9 Å². The van der Waals surface area contributed by atoms with Gasteiger partial charge in [0.1, 0.15) is 24.4 Å². The Hall–Kier alpha value is -3.96. The summed E-state index contributed by atoms with van der Waals surface area (Å²) in [5.74, 6) is 0.821. The first-order valence-electron chi connectivity index (χ1n) is 24.9. The first-order chi connectivity index (χ1) is 30.6. The largest absolute Gasteiger partial charge is 0.489 e. The molecule has 2 atom stereocenters. The van der Waals surface area contributed by atoms with E-state index in [1.165, 1.54) is 64.2 Å². The molecule has 1 aliphatic rings. The number of nitrogens with zero attached hydrogens (tertiary/aromatic N) is 2.